The van der Waals surface area contributed by atoms with E-state index in [9.17, 15) is 18.0 Å². The lowest BCUT2D eigenvalue weighted by molar-refractivity contribution is -0.135. The number of sulfonamides is 1. The van der Waals surface area contributed by atoms with Crippen molar-refractivity contribution in [2.45, 2.75) is 23.8 Å². The van der Waals surface area contributed by atoms with Gasteiger partial charge in [-0.2, -0.15) is 4.31 Å². The number of amides is 1. The Morgan fingerprint density at radius 2 is 1.86 bits per heavy atom. The smallest absolute Gasteiger partial charge is 0.322 e. The maximum atomic E-state index is 13.1. The van der Waals surface area contributed by atoms with Crippen molar-refractivity contribution in [1.82, 2.24) is 14.6 Å². The van der Waals surface area contributed by atoms with Gasteiger partial charge in [0.15, 0.2) is 11.4 Å². The fourth-order valence-corrected chi connectivity index (χ4v) is 5.45. The number of carboxylic acid groups (broad SMARTS) is 1. The first kappa shape index (κ1) is 25.1. The predicted molar refractivity (Wildman–Crippen MR) is 132 cm³/mol. The number of hydrogen-bond acceptors (Lipinski definition) is 7. The molecule has 10 nitrogen and oxygen atoms in total. The van der Waals surface area contributed by atoms with Crippen LogP contribution in [-0.4, -0.2) is 54.3 Å². The van der Waals surface area contributed by atoms with Gasteiger partial charge in [-0.3, -0.25) is 9.59 Å². The zero-order chi connectivity index (χ0) is 25.7. The molecule has 1 atom stereocenters. The number of carbonyl (C=O) groups is 2. The molecule has 1 aliphatic rings. The van der Waals surface area contributed by atoms with Crippen LogP contribution in [0.1, 0.15) is 34.0 Å². The van der Waals surface area contributed by atoms with Crippen LogP contribution in [0.25, 0.3) is 0 Å². The topological polar surface area (TPSA) is 152 Å². The first-order chi connectivity index (χ1) is 17.2. The van der Waals surface area contributed by atoms with Crippen molar-refractivity contribution in [3.05, 3.63) is 83.7 Å². The van der Waals surface area contributed by atoms with Gasteiger partial charge in [0.05, 0.1) is 4.90 Å². The van der Waals surface area contributed by atoms with E-state index in [1.807, 2.05) is 30.3 Å². The van der Waals surface area contributed by atoms with Crippen molar-refractivity contribution in [3.8, 4) is 5.75 Å². The number of carbonyl (C=O) groups excluding carboxylic acids is 1. The summed E-state index contributed by atoms with van der Waals surface area (Å²) in [6, 6.07) is 17.1. The molecule has 36 heavy (non-hydrogen) atoms. The number of aliphatic carboxylic acids is 1. The predicted octanol–water partition coefficient (Wildman–Crippen LogP) is 2.24. The number of anilines is 1. The molecule has 0 aliphatic carbocycles. The Kier molecular flexibility index (Phi) is 7.51. The summed E-state index contributed by atoms with van der Waals surface area (Å²) in [6.07, 6.45) is 2.08. The first-order valence-electron chi connectivity index (χ1n) is 11.3. The van der Waals surface area contributed by atoms with E-state index < -0.39 is 28.4 Å². The Bertz CT molecular complexity index is 1350. The van der Waals surface area contributed by atoms with Gasteiger partial charge in [0.25, 0.3) is 5.91 Å². The van der Waals surface area contributed by atoms with Gasteiger partial charge in [0.2, 0.25) is 10.0 Å². The molecule has 188 valence electrons. The number of benzene rings is 2. The second-order valence-electron chi connectivity index (χ2n) is 8.38. The zero-order valence-electron chi connectivity index (χ0n) is 19.3. The summed E-state index contributed by atoms with van der Waals surface area (Å²) in [6.45, 7) is 0.198. The van der Waals surface area contributed by atoms with Crippen LogP contribution in [0, 0.1) is 0 Å². The molecular formula is C25H26N4O6S. The van der Waals surface area contributed by atoms with Crippen molar-refractivity contribution in [1.29, 1.82) is 0 Å². The number of nitrogen functional groups attached to an aromatic ring is 1. The normalized spacial score (nSPS) is 15.9. The number of aromatic nitrogens is 1. The third-order valence-electron chi connectivity index (χ3n) is 5.87. The lowest BCUT2D eigenvalue weighted by Crippen LogP contribution is -2.30. The van der Waals surface area contributed by atoms with E-state index in [1.165, 1.54) is 22.6 Å². The average molecular weight is 511 g/mol. The minimum absolute atomic E-state index is 0.0414. The Balaban J connectivity index is 1.55. The average Bonchev–Trinajstić information content (AvgIpc) is 3.38. The standard InChI is InChI=1S/C25H26N4O6S/c26-20-6-8-21(9-7-20)36(33,34)29-11-10-18(15-29)19-12-22(35-16-17-4-2-1-3-5-17)24(27-13-19)25(32)28-14-23(30)31/h1-9,12-13,18H,10-11,14-16,26H2,(H,28,32)(H,30,31). The highest BCUT2D eigenvalue weighted by molar-refractivity contribution is 7.89. The number of rotatable bonds is 9. The SMILES string of the molecule is Nc1ccc(S(=O)(=O)N2CCC(c3cnc(C(=O)NCC(=O)O)c(OCc4ccccc4)c3)C2)cc1. The molecule has 4 N–H and O–H groups in total. The van der Waals surface area contributed by atoms with Crippen LogP contribution >= 0.6 is 0 Å². The molecule has 1 aromatic heterocycles. The number of pyridine rings is 1. The highest BCUT2D eigenvalue weighted by atomic mass is 32.2. The lowest BCUT2D eigenvalue weighted by Gasteiger charge is -2.18. The molecule has 2 heterocycles. The molecule has 3 aromatic rings. The van der Waals surface area contributed by atoms with Crippen LogP contribution in [-0.2, 0) is 21.4 Å². The summed E-state index contributed by atoms with van der Waals surface area (Å²) in [4.78, 5) is 27.9. The fraction of sp³-hybridized carbons (Fsp3) is 0.240. The summed E-state index contributed by atoms with van der Waals surface area (Å²) in [5.41, 5.74) is 7.72. The number of nitrogens with one attached hydrogen (secondary N) is 1. The van der Waals surface area contributed by atoms with Crippen molar-refractivity contribution in [2.75, 3.05) is 25.4 Å². The van der Waals surface area contributed by atoms with Gasteiger partial charge < -0.3 is 20.9 Å². The molecule has 0 spiro atoms. The van der Waals surface area contributed by atoms with E-state index in [0.29, 0.717) is 18.7 Å². The van der Waals surface area contributed by atoms with Crippen molar-refractivity contribution in [3.63, 3.8) is 0 Å². The maximum absolute atomic E-state index is 13.1. The fourth-order valence-electron chi connectivity index (χ4n) is 3.95. The molecule has 2 aromatic carbocycles. The summed E-state index contributed by atoms with van der Waals surface area (Å²) < 4.78 is 33.5. The Morgan fingerprint density at radius 1 is 1.14 bits per heavy atom. The van der Waals surface area contributed by atoms with Gasteiger partial charge in [0.1, 0.15) is 13.2 Å². The molecule has 4 rings (SSSR count). The van der Waals surface area contributed by atoms with E-state index in [0.717, 1.165) is 11.1 Å². The van der Waals surface area contributed by atoms with E-state index in [1.54, 1.807) is 18.2 Å². The van der Waals surface area contributed by atoms with E-state index in [2.05, 4.69) is 10.3 Å². The third-order valence-corrected chi connectivity index (χ3v) is 7.75. The van der Waals surface area contributed by atoms with E-state index in [-0.39, 0.29) is 35.4 Å². The van der Waals surface area contributed by atoms with Gasteiger partial charge in [-0.1, -0.05) is 30.3 Å². The summed E-state index contributed by atoms with van der Waals surface area (Å²) in [5, 5.41) is 11.2. The van der Waals surface area contributed by atoms with Gasteiger partial charge >= 0.3 is 5.97 Å². The first-order valence-corrected chi connectivity index (χ1v) is 12.7. The van der Waals surface area contributed by atoms with E-state index >= 15 is 0 Å². The molecule has 1 unspecified atom stereocenters. The van der Waals surface area contributed by atoms with Gasteiger partial charge in [-0.15, -0.1) is 0 Å². The molecule has 1 amide bonds. The maximum Gasteiger partial charge on any atom is 0.322 e. The Morgan fingerprint density at radius 3 is 2.56 bits per heavy atom. The number of ether oxygens (including phenoxy) is 1. The van der Waals surface area contributed by atoms with Crippen LogP contribution in [0.2, 0.25) is 0 Å². The van der Waals surface area contributed by atoms with Gasteiger partial charge in [-0.05, 0) is 47.9 Å². The van der Waals surface area contributed by atoms with Crippen molar-refractivity contribution >= 4 is 27.6 Å². The van der Waals surface area contributed by atoms with Crippen molar-refractivity contribution in [2.24, 2.45) is 0 Å². The van der Waals surface area contributed by atoms with Gasteiger partial charge in [-0.25, -0.2) is 13.4 Å². The molecule has 0 bridgehead atoms. The molecule has 1 fully saturated rings. The number of hydrogen-bond donors (Lipinski definition) is 3. The number of carboxylic acids is 1. The molecular weight excluding hydrogens is 484 g/mol. The number of nitrogens with two attached hydrogens (primary N) is 1. The minimum Gasteiger partial charge on any atom is -0.486 e. The monoisotopic (exact) mass is 510 g/mol. The third kappa shape index (κ3) is 5.81. The summed E-state index contributed by atoms with van der Waals surface area (Å²) in [7, 11) is -3.68. The van der Waals surface area contributed by atoms with Crippen LogP contribution in [0.4, 0.5) is 5.69 Å². The van der Waals surface area contributed by atoms with E-state index in [4.69, 9.17) is 15.6 Å². The Labute approximate surface area is 208 Å². The Hall–Kier alpha value is -3.96. The zero-order valence-corrected chi connectivity index (χ0v) is 20.1. The van der Waals surface area contributed by atoms with Crippen LogP contribution in [0.5, 0.6) is 5.75 Å². The highest BCUT2D eigenvalue weighted by Gasteiger charge is 2.34. The summed E-state index contributed by atoms with van der Waals surface area (Å²) >= 11 is 0. The summed E-state index contributed by atoms with van der Waals surface area (Å²) in [5.74, 6) is -1.82. The minimum atomic E-state index is -3.68. The number of nitrogens with zero attached hydrogens (tertiary/aromatic N) is 2. The molecule has 0 saturated carbocycles. The van der Waals surface area contributed by atoms with Crippen LogP contribution in [0.3, 0.4) is 0 Å². The molecule has 1 saturated heterocycles. The quantitative estimate of drug-likeness (QED) is 0.371. The van der Waals surface area contributed by atoms with Crippen LogP contribution in [0.15, 0.2) is 71.8 Å². The second kappa shape index (κ2) is 10.8. The largest absolute Gasteiger partial charge is 0.486 e. The van der Waals surface area contributed by atoms with Crippen molar-refractivity contribution < 1.29 is 27.9 Å². The lowest BCUT2D eigenvalue weighted by atomic mass is 9.99. The molecule has 11 heteroatoms. The van der Waals surface area contributed by atoms with Crippen LogP contribution < -0.4 is 15.8 Å². The highest BCUT2D eigenvalue weighted by Crippen LogP contribution is 2.33. The van der Waals surface area contributed by atoms with Gasteiger partial charge in [0, 0.05) is 30.9 Å². The molecule has 0 radical (unpaired) electrons. The molecule has 1 aliphatic heterocycles. The second-order valence-corrected chi connectivity index (χ2v) is 10.3.